The van der Waals surface area contributed by atoms with Crippen LogP contribution in [-0.2, 0) is 13.1 Å². The lowest BCUT2D eigenvalue weighted by Crippen LogP contribution is -2.43. The zero-order valence-corrected chi connectivity index (χ0v) is 19.7. The third-order valence-electron chi connectivity index (χ3n) is 5.97. The maximum Gasteiger partial charge on any atom is 0.251 e. The Balaban J connectivity index is 1.31. The van der Waals surface area contributed by atoms with Crippen molar-refractivity contribution in [3.8, 4) is 5.75 Å². The minimum Gasteiger partial charge on any atom is -0.495 e. The van der Waals surface area contributed by atoms with Crippen molar-refractivity contribution in [2.24, 2.45) is 0 Å². The highest BCUT2D eigenvalue weighted by atomic mass is 79.9. The van der Waals surface area contributed by atoms with E-state index in [-0.39, 0.29) is 5.56 Å². The Labute approximate surface area is 191 Å². The van der Waals surface area contributed by atoms with E-state index >= 15 is 0 Å². The van der Waals surface area contributed by atoms with E-state index in [0.717, 1.165) is 54.5 Å². The van der Waals surface area contributed by atoms with Crippen LogP contribution >= 0.6 is 15.9 Å². The first-order chi connectivity index (χ1) is 15.0. The molecule has 164 valence electrons. The topological polar surface area (TPSA) is 59.4 Å². The molecule has 4 rings (SSSR count). The largest absolute Gasteiger partial charge is 0.495 e. The minimum atomic E-state index is 0.00317. The molecule has 6 nitrogen and oxygen atoms in total. The van der Waals surface area contributed by atoms with Gasteiger partial charge in [0.05, 0.1) is 24.3 Å². The third kappa shape index (κ3) is 5.53. The summed E-state index contributed by atoms with van der Waals surface area (Å²) in [6.07, 6.45) is 3.92. The van der Waals surface area contributed by atoms with Crippen LogP contribution in [0.2, 0.25) is 0 Å². The number of aromatic nitrogens is 2. The quantitative estimate of drug-likeness (QED) is 0.553. The van der Waals surface area contributed by atoms with Gasteiger partial charge < -0.3 is 19.5 Å². The van der Waals surface area contributed by atoms with Crippen LogP contribution < -0.4 is 15.6 Å². The summed E-state index contributed by atoms with van der Waals surface area (Å²) in [5, 5.41) is 3.71. The van der Waals surface area contributed by atoms with Gasteiger partial charge in [-0.05, 0) is 62.2 Å². The molecular weight excluding hydrogens is 456 g/mol. The summed E-state index contributed by atoms with van der Waals surface area (Å²) >= 11 is 3.58. The molecule has 0 unspecified atom stereocenters. The summed E-state index contributed by atoms with van der Waals surface area (Å²) in [7, 11) is 1.62. The number of fused-ring (bicyclic) bond motifs is 1. The molecule has 0 saturated carbocycles. The van der Waals surface area contributed by atoms with Gasteiger partial charge in [0.1, 0.15) is 5.75 Å². The van der Waals surface area contributed by atoms with Crippen molar-refractivity contribution in [1.29, 1.82) is 0 Å². The van der Waals surface area contributed by atoms with Crippen molar-refractivity contribution in [1.82, 2.24) is 19.8 Å². The number of hydrogen-bond donors (Lipinski definition) is 1. The number of rotatable bonds is 7. The summed E-state index contributed by atoms with van der Waals surface area (Å²) in [6.45, 7) is 6.60. The molecule has 1 N–H and O–H groups in total. The van der Waals surface area contributed by atoms with Gasteiger partial charge in [-0.3, -0.25) is 9.78 Å². The SMILES string of the molecule is COc1cnc2ccc(=O)n(CCN3CCC(NCc4cc(C)cc(Br)c4)CC3)c2c1. The van der Waals surface area contributed by atoms with Gasteiger partial charge in [0.2, 0.25) is 0 Å². The molecular formula is C24H29BrN4O2. The smallest absolute Gasteiger partial charge is 0.251 e. The Bertz CT molecular complexity index is 1090. The van der Waals surface area contributed by atoms with Gasteiger partial charge in [-0.25, -0.2) is 0 Å². The predicted molar refractivity (Wildman–Crippen MR) is 128 cm³/mol. The monoisotopic (exact) mass is 484 g/mol. The summed E-state index contributed by atoms with van der Waals surface area (Å²) in [5.74, 6) is 0.666. The number of methoxy groups -OCH3 is 1. The van der Waals surface area contributed by atoms with Crippen LogP contribution in [0, 0.1) is 6.92 Å². The fraction of sp³-hybridized carbons (Fsp3) is 0.417. The first-order valence-corrected chi connectivity index (χ1v) is 11.6. The van der Waals surface area contributed by atoms with Crippen molar-refractivity contribution in [2.45, 2.75) is 38.9 Å². The van der Waals surface area contributed by atoms with Crippen LogP contribution in [0.4, 0.5) is 0 Å². The summed E-state index contributed by atoms with van der Waals surface area (Å²) in [6, 6.07) is 12.3. The first-order valence-electron chi connectivity index (χ1n) is 10.8. The Kier molecular flexibility index (Phi) is 7.05. The molecule has 0 radical (unpaired) electrons. The number of benzene rings is 1. The van der Waals surface area contributed by atoms with Crippen molar-refractivity contribution >= 4 is 27.0 Å². The van der Waals surface area contributed by atoms with E-state index in [1.807, 2.05) is 10.6 Å². The lowest BCUT2D eigenvalue weighted by molar-refractivity contribution is 0.191. The molecule has 0 spiro atoms. The molecule has 7 heteroatoms. The van der Waals surface area contributed by atoms with Gasteiger partial charge in [-0.2, -0.15) is 0 Å². The summed E-state index contributed by atoms with van der Waals surface area (Å²) < 4.78 is 8.24. The minimum absolute atomic E-state index is 0.00317. The van der Waals surface area contributed by atoms with Gasteiger partial charge in [0.15, 0.2) is 0 Å². The van der Waals surface area contributed by atoms with Crippen LogP contribution in [0.5, 0.6) is 5.75 Å². The molecule has 1 aliphatic heterocycles. The molecule has 3 aromatic rings. The second-order valence-corrected chi connectivity index (χ2v) is 9.15. The number of aryl methyl sites for hydroxylation is 1. The van der Waals surface area contributed by atoms with Crippen LogP contribution in [0.15, 0.2) is 51.9 Å². The summed E-state index contributed by atoms with van der Waals surface area (Å²) in [4.78, 5) is 19.3. The number of likely N-dealkylation sites (tertiary alicyclic amines) is 1. The average molecular weight is 485 g/mol. The number of halogens is 1. The maximum absolute atomic E-state index is 12.5. The highest BCUT2D eigenvalue weighted by Crippen LogP contribution is 2.18. The number of hydrogen-bond acceptors (Lipinski definition) is 5. The van der Waals surface area contributed by atoms with Crippen molar-refractivity contribution in [3.63, 3.8) is 0 Å². The first kappa shape index (κ1) is 22.0. The van der Waals surface area contributed by atoms with E-state index in [9.17, 15) is 4.79 Å². The maximum atomic E-state index is 12.5. The number of nitrogens with one attached hydrogen (secondary N) is 1. The fourth-order valence-electron chi connectivity index (χ4n) is 4.27. The van der Waals surface area contributed by atoms with Gasteiger partial charge in [-0.15, -0.1) is 0 Å². The Morgan fingerprint density at radius 1 is 1.16 bits per heavy atom. The number of nitrogens with zero attached hydrogens (tertiary/aromatic N) is 3. The van der Waals surface area contributed by atoms with E-state index in [1.54, 1.807) is 25.4 Å². The molecule has 0 amide bonds. The lowest BCUT2D eigenvalue weighted by atomic mass is 10.0. The van der Waals surface area contributed by atoms with E-state index in [2.05, 4.69) is 56.3 Å². The normalized spacial score (nSPS) is 15.5. The van der Waals surface area contributed by atoms with Crippen LogP contribution in [0.3, 0.4) is 0 Å². The Morgan fingerprint density at radius 3 is 2.71 bits per heavy atom. The van der Waals surface area contributed by atoms with Crippen LogP contribution in [-0.4, -0.2) is 47.2 Å². The fourth-order valence-corrected chi connectivity index (χ4v) is 4.92. The molecule has 31 heavy (non-hydrogen) atoms. The zero-order valence-electron chi connectivity index (χ0n) is 18.1. The van der Waals surface area contributed by atoms with E-state index in [1.165, 1.54) is 11.1 Å². The van der Waals surface area contributed by atoms with Crippen molar-refractivity contribution < 1.29 is 4.74 Å². The predicted octanol–water partition coefficient (Wildman–Crippen LogP) is 3.73. The Morgan fingerprint density at radius 2 is 1.97 bits per heavy atom. The number of piperidine rings is 1. The molecule has 1 aromatic carbocycles. The van der Waals surface area contributed by atoms with E-state index in [0.29, 0.717) is 18.3 Å². The highest BCUT2D eigenvalue weighted by molar-refractivity contribution is 9.10. The molecule has 0 bridgehead atoms. The van der Waals surface area contributed by atoms with Gasteiger partial charge in [0, 0.05) is 42.3 Å². The lowest BCUT2D eigenvalue weighted by Gasteiger charge is -2.32. The highest BCUT2D eigenvalue weighted by Gasteiger charge is 2.19. The van der Waals surface area contributed by atoms with Crippen molar-refractivity contribution in [2.75, 3.05) is 26.7 Å². The molecule has 0 atom stereocenters. The Hall–Kier alpha value is -2.22. The van der Waals surface area contributed by atoms with Gasteiger partial charge >= 0.3 is 0 Å². The average Bonchev–Trinajstić information content (AvgIpc) is 2.77. The van der Waals surface area contributed by atoms with Gasteiger partial charge in [0.25, 0.3) is 5.56 Å². The third-order valence-corrected chi connectivity index (χ3v) is 6.43. The molecule has 3 heterocycles. The van der Waals surface area contributed by atoms with E-state index < -0.39 is 0 Å². The zero-order chi connectivity index (χ0) is 21.8. The standard InChI is InChI=1S/C24H29BrN4O2/c1-17-11-18(13-19(25)12-17)15-26-20-5-7-28(8-6-20)9-10-29-23-14-21(31-2)16-27-22(23)3-4-24(29)30/h3-4,11-14,16,20,26H,5-10,15H2,1-2H3. The second kappa shape index (κ2) is 9.94. The van der Waals surface area contributed by atoms with E-state index in [4.69, 9.17) is 4.74 Å². The molecule has 1 fully saturated rings. The molecule has 1 aliphatic rings. The van der Waals surface area contributed by atoms with Crippen LogP contribution in [0.1, 0.15) is 24.0 Å². The molecule has 0 aliphatic carbocycles. The number of ether oxygens (including phenoxy) is 1. The molecule has 2 aromatic heterocycles. The number of pyridine rings is 2. The van der Waals surface area contributed by atoms with Crippen LogP contribution in [0.25, 0.3) is 11.0 Å². The second-order valence-electron chi connectivity index (χ2n) is 8.24. The van der Waals surface area contributed by atoms with Crippen molar-refractivity contribution in [3.05, 3.63) is 68.5 Å². The summed E-state index contributed by atoms with van der Waals surface area (Å²) in [5.41, 5.74) is 4.23. The molecule has 1 saturated heterocycles. The van der Waals surface area contributed by atoms with Gasteiger partial charge in [-0.1, -0.05) is 22.0 Å².